The van der Waals surface area contributed by atoms with E-state index in [1.54, 1.807) is 25.1 Å². The molecule has 9 heteroatoms. The summed E-state index contributed by atoms with van der Waals surface area (Å²) in [7, 11) is 3.27. The van der Waals surface area contributed by atoms with Gasteiger partial charge in [-0.25, -0.2) is 14.5 Å². The maximum atomic E-state index is 13.0. The molecule has 0 saturated heterocycles. The average molecular weight is 497 g/mol. The molecule has 37 heavy (non-hydrogen) atoms. The van der Waals surface area contributed by atoms with Gasteiger partial charge in [-0.3, -0.25) is 0 Å². The first-order chi connectivity index (χ1) is 18.1. The maximum Gasteiger partial charge on any atom is 0.315 e. The quantitative estimate of drug-likeness (QED) is 0.278. The molecule has 0 saturated carbocycles. The van der Waals surface area contributed by atoms with Crippen molar-refractivity contribution < 1.29 is 14.3 Å². The van der Waals surface area contributed by atoms with Crippen LogP contribution < -0.4 is 20.1 Å². The largest absolute Gasteiger partial charge is 0.497 e. The molecule has 1 unspecified atom stereocenters. The molecule has 0 spiro atoms. The number of benzene rings is 3. The normalized spacial score (nSPS) is 11.7. The lowest BCUT2D eigenvalue weighted by Crippen LogP contribution is -2.39. The van der Waals surface area contributed by atoms with Crippen molar-refractivity contribution in [3.05, 3.63) is 102 Å². The molecule has 0 bridgehead atoms. The van der Waals surface area contributed by atoms with Crippen molar-refractivity contribution in [3.63, 3.8) is 0 Å². The summed E-state index contributed by atoms with van der Waals surface area (Å²) in [6.45, 7) is 0.299. The van der Waals surface area contributed by atoms with Crippen molar-refractivity contribution in [2.45, 2.75) is 19.0 Å². The highest BCUT2D eigenvalue weighted by Gasteiger charge is 2.20. The van der Waals surface area contributed by atoms with E-state index in [4.69, 9.17) is 14.5 Å². The molecule has 2 aromatic heterocycles. The first-order valence-corrected chi connectivity index (χ1v) is 11.9. The van der Waals surface area contributed by atoms with Gasteiger partial charge in [0.1, 0.15) is 17.3 Å². The number of fused-ring (bicyclic) bond motifs is 1. The molecule has 3 aromatic carbocycles. The predicted molar refractivity (Wildman–Crippen MR) is 141 cm³/mol. The second kappa shape index (κ2) is 10.9. The highest BCUT2D eigenvalue weighted by Crippen LogP contribution is 2.22. The third kappa shape index (κ3) is 5.56. The zero-order valence-corrected chi connectivity index (χ0v) is 20.6. The third-order valence-corrected chi connectivity index (χ3v) is 6.11. The number of aromatic amines is 1. The average Bonchev–Trinajstić information content (AvgIpc) is 3.59. The van der Waals surface area contributed by atoms with E-state index >= 15 is 0 Å². The lowest BCUT2D eigenvalue weighted by molar-refractivity contribution is 0.236. The van der Waals surface area contributed by atoms with Crippen LogP contribution in [0.1, 0.15) is 23.1 Å². The molecule has 0 aliphatic carbocycles. The van der Waals surface area contributed by atoms with Crippen LogP contribution in [0.4, 0.5) is 4.79 Å². The van der Waals surface area contributed by atoms with Gasteiger partial charge in [0.15, 0.2) is 0 Å². The van der Waals surface area contributed by atoms with E-state index < -0.39 is 0 Å². The van der Waals surface area contributed by atoms with Crippen LogP contribution in [0.2, 0.25) is 0 Å². The van der Waals surface area contributed by atoms with Gasteiger partial charge >= 0.3 is 6.03 Å². The molecule has 0 radical (unpaired) electrons. The van der Waals surface area contributed by atoms with Crippen molar-refractivity contribution in [2.24, 2.45) is 0 Å². The Morgan fingerprint density at radius 3 is 2.35 bits per heavy atom. The number of carbonyl (C=O) groups excluding carboxylic acids is 1. The minimum atomic E-state index is -0.368. The Morgan fingerprint density at radius 1 is 0.946 bits per heavy atom. The molecule has 0 fully saturated rings. The number of aromatic nitrogens is 4. The van der Waals surface area contributed by atoms with E-state index in [2.05, 4.69) is 20.7 Å². The maximum absolute atomic E-state index is 13.0. The summed E-state index contributed by atoms with van der Waals surface area (Å²) in [6.07, 6.45) is 2.26. The summed E-state index contributed by atoms with van der Waals surface area (Å²) < 4.78 is 12.3. The number of amides is 2. The highest BCUT2D eigenvalue weighted by molar-refractivity contribution is 5.76. The Kier molecular flexibility index (Phi) is 7.02. The van der Waals surface area contributed by atoms with Gasteiger partial charge in [-0.1, -0.05) is 24.3 Å². The Balaban J connectivity index is 1.31. The summed E-state index contributed by atoms with van der Waals surface area (Å²) in [5.41, 5.74) is 4.54. The summed E-state index contributed by atoms with van der Waals surface area (Å²) >= 11 is 0. The van der Waals surface area contributed by atoms with Gasteiger partial charge in [0, 0.05) is 6.20 Å². The van der Waals surface area contributed by atoms with Crippen molar-refractivity contribution in [1.29, 1.82) is 0 Å². The third-order valence-electron chi connectivity index (χ3n) is 6.11. The topological polar surface area (TPSA) is 106 Å². The second-order valence-corrected chi connectivity index (χ2v) is 8.50. The smallest absolute Gasteiger partial charge is 0.315 e. The lowest BCUT2D eigenvalue weighted by Gasteiger charge is -2.18. The molecule has 5 aromatic rings. The van der Waals surface area contributed by atoms with Gasteiger partial charge in [-0.15, -0.1) is 0 Å². The van der Waals surface area contributed by atoms with E-state index in [1.165, 1.54) is 0 Å². The zero-order chi connectivity index (χ0) is 25.6. The summed E-state index contributed by atoms with van der Waals surface area (Å²) in [5, 5.41) is 10.4. The fourth-order valence-electron chi connectivity index (χ4n) is 4.15. The molecule has 1 atom stereocenters. The summed E-state index contributed by atoms with van der Waals surface area (Å²) in [4.78, 5) is 21.1. The van der Waals surface area contributed by atoms with Gasteiger partial charge < -0.3 is 25.1 Å². The Bertz CT molecular complexity index is 1440. The molecule has 9 nitrogen and oxygen atoms in total. The van der Waals surface area contributed by atoms with Crippen molar-refractivity contribution in [3.8, 4) is 17.2 Å². The van der Waals surface area contributed by atoms with Crippen LogP contribution in [0.25, 0.3) is 16.7 Å². The van der Waals surface area contributed by atoms with E-state index in [-0.39, 0.29) is 12.1 Å². The molecule has 5 rings (SSSR count). The van der Waals surface area contributed by atoms with Crippen molar-refractivity contribution in [2.75, 3.05) is 14.2 Å². The first-order valence-electron chi connectivity index (χ1n) is 11.9. The summed E-state index contributed by atoms with van der Waals surface area (Å²) in [6, 6.07) is 24.4. The van der Waals surface area contributed by atoms with Gasteiger partial charge in [-0.05, 0) is 66.6 Å². The SMILES string of the molecule is COc1ccc(CC(NC(=O)NCc2ccnn2-c2ccc(OC)cc2)c2nc3ccccc3[nH]2)cc1. The fourth-order valence-corrected chi connectivity index (χ4v) is 4.15. The molecule has 0 aliphatic heterocycles. The number of nitrogens with zero attached hydrogens (tertiary/aromatic N) is 3. The van der Waals surface area contributed by atoms with Gasteiger partial charge in [0.05, 0.1) is 49.2 Å². The molecule has 188 valence electrons. The Labute approximate surface area is 214 Å². The van der Waals surface area contributed by atoms with Crippen molar-refractivity contribution >= 4 is 17.1 Å². The van der Waals surface area contributed by atoms with E-state index in [1.807, 2.05) is 78.9 Å². The van der Waals surface area contributed by atoms with E-state index in [9.17, 15) is 4.79 Å². The monoisotopic (exact) mass is 496 g/mol. The Hall–Kier alpha value is -4.79. The van der Waals surface area contributed by atoms with Crippen LogP contribution in [0.3, 0.4) is 0 Å². The van der Waals surface area contributed by atoms with Crippen LogP contribution in [0, 0.1) is 0 Å². The number of nitrogens with one attached hydrogen (secondary N) is 3. The number of hydrogen-bond donors (Lipinski definition) is 3. The summed E-state index contributed by atoms with van der Waals surface area (Å²) in [5.74, 6) is 2.24. The number of methoxy groups -OCH3 is 2. The van der Waals surface area contributed by atoms with Crippen LogP contribution >= 0.6 is 0 Å². The molecular formula is C28H28N6O3. The molecule has 2 amide bonds. The number of hydrogen-bond acceptors (Lipinski definition) is 5. The predicted octanol–water partition coefficient (Wildman–Crippen LogP) is 4.55. The van der Waals surface area contributed by atoms with Crippen LogP contribution in [0.15, 0.2) is 85.1 Å². The molecule has 2 heterocycles. The van der Waals surface area contributed by atoms with E-state index in [0.717, 1.165) is 39.5 Å². The number of imidazole rings is 1. The minimum absolute atomic E-state index is 0.299. The number of carbonyl (C=O) groups is 1. The van der Waals surface area contributed by atoms with E-state index in [0.29, 0.717) is 18.8 Å². The number of rotatable bonds is 9. The lowest BCUT2D eigenvalue weighted by atomic mass is 10.1. The standard InChI is InChI=1S/C28H28N6O3/c1-36-22-11-7-19(8-12-22)17-26(27-31-24-5-3-4-6-25(24)32-27)33-28(35)29-18-21-15-16-30-34(21)20-9-13-23(37-2)14-10-20/h3-16,26H,17-18H2,1-2H3,(H,31,32)(H2,29,33,35). The van der Waals surface area contributed by atoms with Gasteiger partial charge in [0.25, 0.3) is 0 Å². The minimum Gasteiger partial charge on any atom is -0.497 e. The molecular weight excluding hydrogens is 468 g/mol. The fraction of sp³-hybridized carbons (Fsp3) is 0.179. The van der Waals surface area contributed by atoms with Crippen LogP contribution in [0.5, 0.6) is 11.5 Å². The number of ether oxygens (including phenoxy) is 2. The number of H-pyrrole nitrogens is 1. The molecule has 3 N–H and O–H groups in total. The zero-order valence-electron chi connectivity index (χ0n) is 20.6. The van der Waals surface area contributed by atoms with Crippen LogP contribution in [-0.4, -0.2) is 40.0 Å². The number of para-hydroxylation sites is 2. The van der Waals surface area contributed by atoms with Crippen LogP contribution in [-0.2, 0) is 13.0 Å². The first kappa shape index (κ1) is 23.9. The number of urea groups is 1. The second-order valence-electron chi connectivity index (χ2n) is 8.50. The van der Waals surface area contributed by atoms with Gasteiger partial charge in [-0.2, -0.15) is 5.10 Å². The van der Waals surface area contributed by atoms with Gasteiger partial charge in [0.2, 0.25) is 0 Å². The van der Waals surface area contributed by atoms with Crippen molar-refractivity contribution in [1.82, 2.24) is 30.4 Å². The molecule has 0 aliphatic rings. The Morgan fingerprint density at radius 2 is 1.65 bits per heavy atom. The highest BCUT2D eigenvalue weighted by atomic mass is 16.5.